The molecule has 0 atom stereocenters. The molecule has 0 fully saturated rings. The third-order valence-corrected chi connectivity index (χ3v) is 5.98. The molecule has 158 valence electrons. The lowest BCUT2D eigenvalue weighted by Crippen LogP contribution is -2.16. The summed E-state index contributed by atoms with van der Waals surface area (Å²) < 4.78 is 32.9. The maximum absolute atomic E-state index is 12.5. The molecule has 8 nitrogen and oxygen atoms in total. The van der Waals surface area contributed by atoms with Crippen molar-refractivity contribution >= 4 is 38.5 Å². The number of hydrogen-bond donors (Lipinski definition) is 2. The van der Waals surface area contributed by atoms with Crippen LogP contribution >= 0.6 is 0 Å². The van der Waals surface area contributed by atoms with Gasteiger partial charge in [-0.05, 0) is 55.8 Å². The Morgan fingerprint density at radius 1 is 1.06 bits per heavy atom. The second kappa shape index (κ2) is 8.19. The molecule has 2 heterocycles. The monoisotopic (exact) mass is 436 g/mol. The Kier molecular flexibility index (Phi) is 5.43. The van der Waals surface area contributed by atoms with Gasteiger partial charge >= 0.3 is 0 Å². The summed E-state index contributed by atoms with van der Waals surface area (Å²) in [6.45, 7) is 3.71. The van der Waals surface area contributed by atoms with Gasteiger partial charge in [0.2, 0.25) is 11.9 Å². The first-order valence-corrected chi connectivity index (χ1v) is 11.0. The average molecular weight is 436 g/mol. The van der Waals surface area contributed by atoms with Gasteiger partial charge in [0.05, 0.1) is 17.6 Å². The fourth-order valence-electron chi connectivity index (χ4n) is 3.10. The summed E-state index contributed by atoms with van der Waals surface area (Å²) in [6.07, 6.45) is 3.20. The minimum absolute atomic E-state index is 0.0000818. The molecule has 2 aromatic heterocycles. The summed E-state index contributed by atoms with van der Waals surface area (Å²) in [6, 6.07) is 13.4. The van der Waals surface area contributed by atoms with E-state index >= 15 is 0 Å². The van der Waals surface area contributed by atoms with Crippen molar-refractivity contribution in [3.63, 3.8) is 0 Å². The molecule has 9 heteroatoms. The zero-order valence-electron chi connectivity index (χ0n) is 16.9. The summed E-state index contributed by atoms with van der Waals surface area (Å²) in [7, 11) is -3.84. The second-order valence-electron chi connectivity index (χ2n) is 7.14. The largest absolute Gasteiger partial charge is 0.464 e. The van der Waals surface area contributed by atoms with Crippen molar-refractivity contribution in [3.8, 4) is 0 Å². The minimum atomic E-state index is -3.84. The summed E-state index contributed by atoms with van der Waals surface area (Å²) in [5.41, 5.74) is 3.73. The normalized spacial score (nSPS) is 11.4. The van der Waals surface area contributed by atoms with Gasteiger partial charge in [-0.15, -0.1) is 0 Å². The van der Waals surface area contributed by atoms with Crippen LogP contribution in [0.5, 0.6) is 0 Å². The van der Waals surface area contributed by atoms with Gasteiger partial charge in [-0.25, -0.2) is 23.1 Å². The van der Waals surface area contributed by atoms with Gasteiger partial charge in [0.1, 0.15) is 5.58 Å². The van der Waals surface area contributed by atoms with E-state index in [-0.39, 0.29) is 23.2 Å². The number of anilines is 2. The Bertz CT molecular complexity index is 1360. The number of aromatic nitrogens is 2. The third-order valence-electron chi connectivity index (χ3n) is 4.63. The van der Waals surface area contributed by atoms with Gasteiger partial charge in [0.15, 0.2) is 0 Å². The van der Waals surface area contributed by atoms with Crippen molar-refractivity contribution in [2.75, 3.05) is 10.0 Å². The van der Waals surface area contributed by atoms with E-state index in [1.54, 1.807) is 19.3 Å². The molecule has 0 unspecified atom stereocenters. The SMILES string of the molecule is Cc1ccc2c(CC(=O)Nc3ccc(S(=O)(=O)Nc4nccc(C)n4)cc3)coc2c1. The highest BCUT2D eigenvalue weighted by atomic mass is 32.2. The van der Waals surface area contributed by atoms with E-state index in [1.807, 2.05) is 25.1 Å². The zero-order valence-corrected chi connectivity index (χ0v) is 17.7. The molecule has 1 amide bonds. The lowest BCUT2D eigenvalue weighted by atomic mass is 10.1. The number of hydrogen-bond acceptors (Lipinski definition) is 6. The summed E-state index contributed by atoms with van der Waals surface area (Å²) in [4.78, 5) is 20.4. The molecule has 0 aliphatic heterocycles. The quantitative estimate of drug-likeness (QED) is 0.475. The fourth-order valence-corrected chi connectivity index (χ4v) is 4.05. The van der Waals surface area contributed by atoms with Crippen LogP contribution in [-0.4, -0.2) is 24.3 Å². The number of carbonyl (C=O) groups is 1. The van der Waals surface area contributed by atoms with E-state index in [9.17, 15) is 13.2 Å². The summed E-state index contributed by atoms with van der Waals surface area (Å²) in [5.74, 6) is -0.231. The highest BCUT2D eigenvalue weighted by Gasteiger charge is 2.16. The van der Waals surface area contributed by atoms with Crippen LogP contribution in [-0.2, 0) is 21.2 Å². The Morgan fingerprint density at radius 2 is 1.84 bits per heavy atom. The number of nitrogens with zero attached hydrogens (tertiary/aromatic N) is 2. The molecule has 2 aromatic carbocycles. The molecule has 4 aromatic rings. The van der Waals surface area contributed by atoms with Crippen molar-refractivity contribution < 1.29 is 17.6 Å². The van der Waals surface area contributed by atoms with E-state index in [2.05, 4.69) is 20.0 Å². The standard InChI is InChI=1S/C22H20N4O4S/c1-14-3-8-19-16(13-30-20(19)11-14)12-21(27)25-17-4-6-18(7-5-17)31(28,29)26-22-23-10-9-15(2)24-22/h3-11,13H,12H2,1-2H3,(H,25,27)(H,23,24,26). The number of benzene rings is 2. The van der Waals surface area contributed by atoms with Crippen LogP contribution in [0, 0.1) is 13.8 Å². The first-order valence-electron chi connectivity index (χ1n) is 9.49. The molecule has 2 N–H and O–H groups in total. The van der Waals surface area contributed by atoms with Crippen molar-refractivity contribution in [1.29, 1.82) is 0 Å². The van der Waals surface area contributed by atoms with Gasteiger partial charge in [-0.3, -0.25) is 4.79 Å². The van der Waals surface area contributed by atoms with Crippen molar-refractivity contribution in [2.45, 2.75) is 25.2 Å². The topological polar surface area (TPSA) is 114 Å². The highest BCUT2D eigenvalue weighted by Crippen LogP contribution is 2.23. The van der Waals surface area contributed by atoms with Gasteiger partial charge in [-0.1, -0.05) is 12.1 Å². The van der Waals surface area contributed by atoms with E-state index in [1.165, 1.54) is 30.5 Å². The number of fused-ring (bicyclic) bond motifs is 1. The maximum atomic E-state index is 12.5. The molecule has 0 saturated carbocycles. The number of sulfonamides is 1. The second-order valence-corrected chi connectivity index (χ2v) is 8.82. The van der Waals surface area contributed by atoms with Crippen LogP contribution in [0.15, 0.2) is 70.3 Å². The van der Waals surface area contributed by atoms with E-state index in [0.717, 1.165) is 22.1 Å². The first-order chi connectivity index (χ1) is 14.8. The Balaban J connectivity index is 1.43. The molecule has 31 heavy (non-hydrogen) atoms. The van der Waals surface area contributed by atoms with Crippen molar-refractivity contribution in [1.82, 2.24) is 9.97 Å². The van der Waals surface area contributed by atoms with Gasteiger partial charge in [0, 0.05) is 28.5 Å². The predicted molar refractivity (Wildman–Crippen MR) is 117 cm³/mol. The molecule has 4 rings (SSSR count). The van der Waals surface area contributed by atoms with Crippen molar-refractivity contribution in [2.24, 2.45) is 0 Å². The summed E-state index contributed by atoms with van der Waals surface area (Å²) >= 11 is 0. The van der Waals surface area contributed by atoms with Gasteiger partial charge < -0.3 is 9.73 Å². The van der Waals surface area contributed by atoms with E-state index in [4.69, 9.17) is 4.42 Å². The highest BCUT2D eigenvalue weighted by molar-refractivity contribution is 7.92. The number of furan rings is 1. The van der Waals surface area contributed by atoms with Crippen LogP contribution in [0.1, 0.15) is 16.8 Å². The van der Waals surface area contributed by atoms with E-state index in [0.29, 0.717) is 11.4 Å². The van der Waals surface area contributed by atoms with Crippen LogP contribution in [0.25, 0.3) is 11.0 Å². The molecular weight excluding hydrogens is 416 g/mol. The lowest BCUT2D eigenvalue weighted by molar-refractivity contribution is -0.115. The molecular formula is C22H20N4O4S. The number of rotatable bonds is 6. The maximum Gasteiger partial charge on any atom is 0.264 e. The lowest BCUT2D eigenvalue weighted by Gasteiger charge is -2.09. The van der Waals surface area contributed by atoms with E-state index < -0.39 is 10.0 Å². The number of carbonyl (C=O) groups excluding carboxylic acids is 1. The van der Waals surface area contributed by atoms with Crippen molar-refractivity contribution in [3.05, 3.63) is 77.8 Å². The Hall–Kier alpha value is -3.72. The zero-order chi connectivity index (χ0) is 22.0. The molecule has 0 spiro atoms. The third kappa shape index (κ3) is 4.72. The molecule has 0 aliphatic carbocycles. The van der Waals surface area contributed by atoms with Gasteiger partial charge in [-0.2, -0.15) is 0 Å². The predicted octanol–water partition coefficient (Wildman–Crippen LogP) is 3.82. The summed E-state index contributed by atoms with van der Waals surface area (Å²) in [5, 5.41) is 3.67. The molecule has 0 radical (unpaired) electrons. The molecule has 0 saturated heterocycles. The van der Waals surface area contributed by atoms with Crippen LogP contribution in [0.3, 0.4) is 0 Å². The van der Waals surface area contributed by atoms with Crippen LogP contribution in [0.4, 0.5) is 11.6 Å². The Morgan fingerprint density at radius 3 is 2.58 bits per heavy atom. The van der Waals surface area contributed by atoms with Crippen LogP contribution in [0.2, 0.25) is 0 Å². The van der Waals surface area contributed by atoms with Crippen LogP contribution < -0.4 is 10.0 Å². The van der Waals surface area contributed by atoms with Gasteiger partial charge in [0.25, 0.3) is 10.0 Å². The first kappa shape index (κ1) is 20.5. The number of aryl methyl sites for hydroxylation is 2. The number of amides is 1. The molecule has 0 aliphatic rings. The number of nitrogens with one attached hydrogen (secondary N) is 2. The minimum Gasteiger partial charge on any atom is -0.464 e. The fraction of sp³-hybridized carbons (Fsp3) is 0.136. The average Bonchev–Trinajstić information content (AvgIpc) is 3.09. The smallest absolute Gasteiger partial charge is 0.264 e. The Labute approximate surface area is 179 Å². The molecule has 0 bridgehead atoms.